The first-order valence-corrected chi connectivity index (χ1v) is 3.85. The molecule has 1 aromatic heterocycles. The summed E-state index contributed by atoms with van der Waals surface area (Å²) in [4.78, 5) is 0. The van der Waals surface area contributed by atoms with Crippen LogP contribution in [0.1, 0.15) is 18.1 Å². The molecule has 0 bridgehead atoms. The van der Waals surface area contributed by atoms with Crippen LogP contribution in [0.3, 0.4) is 0 Å². The van der Waals surface area contributed by atoms with Gasteiger partial charge in [0.25, 0.3) is 0 Å². The molecule has 0 saturated heterocycles. The maximum Gasteiger partial charge on any atom is 0.174 e. The quantitative estimate of drug-likeness (QED) is 0.615. The van der Waals surface area contributed by atoms with Gasteiger partial charge in [0.2, 0.25) is 0 Å². The Morgan fingerprint density at radius 3 is 2.55 bits per heavy atom. The predicted octanol–water partition coefficient (Wildman–Crippen LogP) is 0.566. The number of hydrogen-bond donors (Lipinski definition) is 1. The van der Waals surface area contributed by atoms with Gasteiger partial charge < -0.3 is 5.11 Å². The molecule has 0 aliphatic carbocycles. The Morgan fingerprint density at radius 2 is 2.00 bits per heavy atom. The number of aliphatic hydroxyl groups excluding tert-OH is 1. The molecule has 11 heavy (non-hydrogen) atoms. The second-order valence-electron chi connectivity index (χ2n) is 2.73. The predicted molar refractivity (Wildman–Crippen MR) is 42.9 cm³/mol. The van der Waals surface area contributed by atoms with Crippen LogP contribution in [0, 0.1) is 0 Å². The molecule has 1 aromatic rings. The fourth-order valence-electron chi connectivity index (χ4n) is 1.15. The van der Waals surface area contributed by atoms with Crippen LogP contribution < -0.4 is 4.57 Å². The fourth-order valence-corrected chi connectivity index (χ4v) is 1.15. The molecule has 2 heteroatoms. The van der Waals surface area contributed by atoms with E-state index in [1.165, 1.54) is 5.56 Å². The summed E-state index contributed by atoms with van der Waals surface area (Å²) in [5.41, 5.74) is 2.24. The van der Waals surface area contributed by atoms with E-state index >= 15 is 0 Å². The van der Waals surface area contributed by atoms with E-state index in [4.69, 9.17) is 5.11 Å². The van der Waals surface area contributed by atoms with Crippen molar-refractivity contribution in [2.24, 2.45) is 7.05 Å². The van der Waals surface area contributed by atoms with Gasteiger partial charge in [-0.15, -0.1) is 0 Å². The van der Waals surface area contributed by atoms with Gasteiger partial charge in [0.05, 0.1) is 6.61 Å². The molecule has 0 saturated carbocycles. The minimum absolute atomic E-state index is 0.127. The zero-order valence-electron chi connectivity index (χ0n) is 7.04. The van der Waals surface area contributed by atoms with E-state index in [2.05, 4.69) is 13.1 Å². The van der Waals surface area contributed by atoms with Crippen molar-refractivity contribution in [1.29, 1.82) is 0 Å². The summed E-state index contributed by atoms with van der Waals surface area (Å²) in [6.45, 7) is 2.23. The summed E-state index contributed by atoms with van der Waals surface area (Å²) < 4.78 is 1.98. The highest BCUT2D eigenvalue weighted by Crippen LogP contribution is 2.01. The molecule has 1 N–H and O–H groups in total. The Morgan fingerprint density at radius 1 is 1.36 bits per heavy atom. The molecular formula is C9H14NO+. The third kappa shape index (κ3) is 2.02. The standard InChI is InChI=1S/C9H14NO/c1-3-8-4-9(7-11)6-10(2)5-8/h4-6,11H,3,7H2,1-2H3/q+1. The largest absolute Gasteiger partial charge is 0.391 e. The first-order chi connectivity index (χ1) is 5.26. The highest BCUT2D eigenvalue weighted by atomic mass is 16.3. The van der Waals surface area contributed by atoms with Crippen LogP contribution >= 0.6 is 0 Å². The van der Waals surface area contributed by atoms with Crippen LogP contribution in [0.4, 0.5) is 0 Å². The second kappa shape index (κ2) is 3.49. The Kier molecular flexibility index (Phi) is 2.60. The lowest BCUT2D eigenvalue weighted by Gasteiger charge is -1.97. The van der Waals surface area contributed by atoms with Crippen LogP contribution in [0.15, 0.2) is 18.5 Å². The van der Waals surface area contributed by atoms with E-state index in [0.717, 1.165) is 12.0 Å². The van der Waals surface area contributed by atoms with Crippen LogP contribution in [-0.2, 0) is 20.1 Å². The van der Waals surface area contributed by atoms with Crippen LogP contribution in [0.25, 0.3) is 0 Å². The second-order valence-corrected chi connectivity index (χ2v) is 2.73. The molecule has 0 aliphatic rings. The zero-order valence-corrected chi connectivity index (χ0v) is 7.04. The number of aryl methyl sites for hydroxylation is 2. The lowest BCUT2D eigenvalue weighted by Crippen LogP contribution is -2.28. The Bertz CT molecular complexity index is 223. The smallest absolute Gasteiger partial charge is 0.174 e. The minimum Gasteiger partial charge on any atom is -0.391 e. The van der Waals surface area contributed by atoms with Crippen molar-refractivity contribution in [3.63, 3.8) is 0 Å². The van der Waals surface area contributed by atoms with Gasteiger partial charge in [-0.1, -0.05) is 6.92 Å². The van der Waals surface area contributed by atoms with Crippen molar-refractivity contribution in [2.45, 2.75) is 20.0 Å². The van der Waals surface area contributed by atoms with Crippen molar-refractivity contribution >= 4 is 0 Å². The molecule has 0 amide bonds. The van der Waals surface area contributed by atoms with E-state index in [1.807, 2.05) is 23.9 Å². The normalized spacial score (nSPS) is 10.1. The summed E-state index contributed by atoms with van der Waals surface area (Å²) >= 11 is 0. The average Bonchev–Trinajstić information content (AvgIpc) is 2.03. The van der Waals surface area contributed by atoms with Crippen molar-refractivity contribution in [3.8, 4) is 0 Å². The molecule has 0 aliphatic heterocycles. The van der Waals surface area contributed by atoms with E-state index in [-0.39, 0.29) is 6.61 Å². The highest BCUT2D eigenvalue weighted by molar-refractivity contribution is 5.14. The van der Waals surface area contributed by atoms with Gasteiger partial charge in [-0.25, -0.2) is 4.57 Å². The molecule has 1 heterocycles. The topological polar surface area (TPSA) is 24.1 Å². The monoisotopic (exact) mass is 152 g/mol. The van der Waals surface area contributed by atoms with E-state index < -0.39 is 0 Å². The average molecular weight is 152 g/mol. The number of rotatable bonds is 2. The zero-order chi connectivity index (χ0) is 8.27. The Hall–Kier alpha value is -0.890. The van der Waals surface area contributed by atoms with Crippen molar-refractivity contribution in [1.82, 2.24) is 0 Å². The van der Waals surface area contributed by atoms with Crippen molar-refractivity contribution in [3.05, 3.63) is 29.6 Å². The molecule has 0 atom stereocenters. The minimum atomic E-state index is 0.127. The maximum absolute atomic E-state index is 8.87. The summed E-state index contributed by atoms with van der Waals surface area (Å²) in [7, 11) is 1.97. The van der Waals surface area contributed by atoms with Crippen LogP contribution in [-0.4, -0.2) is 5.11 Å². The molecule has 0 unspecified atom stereocenters. The Labute approximate surface area is 67.1 Å². The number of pyridine rings is 1. The third-order valence-electron chi connectivity index (χ3n) is 1.70. The first kappa shape index (κ1) is 8.21. The molecular weight excluding hydrogens is 138 g/mol. The van der Waals surface area contributed by atoms with Crippen LogP contribution in [0.5, 0.6) is 0 Å². The molecule has 0 fully saturated rings. The number of aliphatic hydroxyl groups is 1. The van der Waals surface area contributed by atoms with Gasteiger partial charge >= 0.3 is 0 Å². The number of hydrogen-bond acceptors (Lipinski definition) is 1. The molecule has 0 radical (unpaired) electrons. The van der Waals surface area contributed by atoms with Gasteiger partial charge in [-0.3, -0.25) is 0 Å². The molecule has 60 valence electrons. The fraction of sp³-hybridized carbons (Fsp3) is 0.444. The molecule has 0 aromatic carbocycles. The van der Waals surface area contributed by atoms with Gasteiger partial charge in [-0.05, 0) is 12.5 Å². The summed E-state index contributed by atoms with van der Waals surface area (Å²) in [5.74, 6) is 0. The number of aromatic nitrogens is 1. The van der Waals surface area contributed by atoms with E-state index in [9.17, 15) is 0 Å². The highest BCUT2D eigenvalue weighted by Gasteiger charge is 2.00. The number of nitrogens with zero attached hydrogens (tertiary/aromatic N) is 1. The molecule has 2 nitrogen and oxygen atoms in total. The summed E-state index contributed by atoms with van der Waals surface area (Å²) in [5, 5.41) is 8.87. The van der Waals surface area contributed by atoms with E-state index in [0.29, 0.717) is 0 Å². The van der Waals surface area contributed by atoms with Crippen molar-refractivity contribution < 1.29 is 9.67 Å². The van der Waals surface area contributed by atoms with E-state index in [1.54, 1.807) is 0 Å². The van der Waals surface area contributed by atoms with Gasteiger partial charge in [0, 0.05) is 11.1 Å². The van der Waals surface area contributed by atoms with Gasteiger partial charge in [0.15, 0.2) is 12.4 Å². The first-order valence-electron chi connectivity index (χ1n) is 3.85. The Balaban J connectivity index is 3.02. The van der Waals surface area contributed by atoms with Crippen molar-refractivity contribution in [2.75, 3.05) is 0 Å². The lowest BCUT2D eigenvalue weighted by atomic mass is 10.2. The van der Waals surface area contributed by atoms with Gasteiger partial charge in [0.1, 0.15) is 7.05 Å². The van der Waals surface area contributed by atoms with Gasteiger partial charge in [-0.2, -0.15) is 0 Å². The summed E-state index contributed by atoms with van der Waals surface area (Å²) in [6, 6.07) is 2.03. The SMILES string of the molecule is CCc1cc(CO)c[n+](C)c1. The third-order valence-corrected chi connectivity index (χ3v) is 1.70. The maximum atomic E-state index is 8.87. The lowest BCUT2D eigenvalue weighted by molar-refractivity contribution is -0.672. The van der Waals surface area contributed by atoms with Crippen LogP contribution in [0.2, 0.25) is 0 Å². The summed E-state index contributed by atoms with van der Waals surface area (Å²) in [6.07, 6.45) is 5.01. The molecule has 0 spiro atoms. The molecule has 1 rings (SSSR count).